The molecule has 7 nitrogen and oxygen atoms in total. The monoisotopic (exact) mass is 368 g/mol. The molecule has 142 valence electrons. The van der Waals surface area contributed by atoms with Gasteiger partial charge in [-0.25, -0.2) is 0 Å². The molecule has 2 aromatic rings. The molecule has 3 rings (SSSR count). The van der Waals surface area contributed by atoms with E-state index in [1.807, 2.05) is 24.3 Å². The first-order valence-electron chi connectivity index (χ1n) is 9.16. The number of non-ortho nitro benzene ring substituents is 1. The van der Waals surface area contributed by atoms with Crippen LogP contribution < -0.4 is 10.2 Å². The standard InChI is InChI=1S/C20H24N4O3/c1-2-22-11-13-23(14-12-22)19-6-4-3-5-18(19)21-20(25)15-16-7-9-17(10-8-16)24(26)27/h3-10H,2,11-15H2,1H3,(H,21,25). The third-order valence-electron chi connectivity index (χ3n) is 4.85. The Kier molecular flexibility index (Phi) is 6.03. The Morgan fingerprint density at radius 1 is 1.07 bits per heavy atom. The minimum atomic E-state index is -0.446. The van der Waals surface area contributed by atoms with Crippen LogP contribution >= 0.6 is 0 Å². The number of rotatable bonds is 6. The Balaban J connectivity index is 1.65. The van der Waals surface area contributed by atoms with E-state index in [0.29, 0.717) is 0 Å². The number of nitrogens with one attached hydrogen (secondary N) is 1. The molecule has 1 fully saturated rings. The second-order valence-electron chi connectivity index (χ2n) is 6.59. The Hall–Kier alpha value is -2.93. The zero-order chi connectivity index (χ0) is 19.2. The van der Waals surface area contributed by atoms with Gasteiger partial charge >= 0.3 is 0 Å². The fourth-order valence-corrected chi connectivity index (χ4v) is 3.28. The number of nitro benzene ring substituents is 1. The van der Waals surface area contributed by atoms with E-state index in [-0.39, 0.29) is 18.0 Å². The van der Waals surface area contributed by atoms with Gasteiger partial charge in [-0.3, -0.25) is 14.9 Å². The van der Waals surface area contributed by atoms with Gasteiger partial charge in [-0.2, -0.15) is 0 Å². The van der Waals surface area contributed by atoms with E-state index in [0.717, 1.165) is 49.7 Å². The van der Waals surface area contributed by atoms with E-state index in [1.54, 1.807) is 12.1 Å². The Labute approximate surface area is 158 Å². The Morgan fingerprint density at radius 2 is 1.74 bits per heavy atom. The number of piperazine rings is 1. The van der Waals surface area contributed by atoms with Crippen molar-refractivity contribution in [1.29, 1.82) is 0 Å². The van der Waals surface area contributed by atoms with Crippen LogP contribution in [0.1, 0.15) is 12.5 Å². The zero-order valence-electron chi connectivity index (χ0n) is 15.4. The van der Waals surface area contributed by atoms with Gasteiger partial charge in [0.05, 0.1) is 22.7 Å². The van der Waals surface area contributed by atoms with E-state index in [2.05, 4.69) is 22.0 Å². The first kappa shape index (κ1) is 18.8. The molecule has 27 heavy (non-hydrogen) atoms. The van der Waals surface area contributed by atoms with Crippen molar-refractivity contribution >= 4 is 23.0 Å². The number of anilines is 2. The summed E-state index contributed by atoms with van der Waals surface area (Å²) in [7, 11) is 0. The Bertz CT molecular complexity index is 799. The third kappa shape index (κ3) is 4.83. The van der Waals surface area contributed by atoms with E-state index >= 15 is 0 Å². The maximum absolute atomic E-state index is 12.5. The molecule has 1 saturated heterocycles. The summed E-state index contributed by atoms with van der Waals surface area (Å²) >= 11 is 0. The van der Waals surface area contributed by atoms with Crippen LogP contribution in [0.15, 0.2) is 48.5 Å². The summed E-state index contributed by atoms with van der Waals surface area (Å²) in [4.78, 5) is 27.4. The van der Waals surface area contributed by atoms with Crippen LogP contribution in [0.3, 0.4) is 0 Å². The molecule has 0 atom stereocenters. The molecule has 1 heterocycles. The number of benzene rings is 2. The highest BCUT2D eigenvalue weighted by Crippen LogP contribution is 2.27. The average Bonchev–Trinajstić information content (AvgIpc) is 2.69. The summed E-state index contributed by atoms with van der Waals surface area (Å²) in [5.41, 5.74) is 2.60. The predicted molar refractivity (Wildman–Crippen MR) is 106 cm³/mol. The highest BCUT2D eigenvalue weighted by molar-refractivity contribution is 5.95. The van der Waals surface area contributed by atoms with Crippen molar-refractivity contribution in [3.05, 3.63) is 64.2 Å². The zero-order valence-corrected chi connectivity index (χ0v) is 15.4. The number of carbonyl (C=O) groups excluding carboxylic acids is 1. The predicted octanol–water partition coefficient (Wildman–Crippen LogP) is 2.92. The average molecular weight is 368 g/mol. The molecule has 0 unspecified atom stereocenters. The molecule has 0 saturated carbocycles. The molecular weight excluding hydrogens is 344 g/mol. The molecule has 0 bridgehead atoms. The SMILES string of the molecule is CCN1CCN(c2ccccc2NC(=O)Cc2ccc([N+](=O)[O-])cc2)CC1. The van der Waals surface area contributed by atoms with Crippen molar-refractivity contribution in [2.24, 2.45) is 0 Å². The summed E-state index contributed by atoms with van der Waals surface area (Å²) in [5.74, 6) is -0.136. The van der Waals surface area contributed by atoms with Crippen molar-refractivity contribution in [2.45, 2.75) is 13.3 Å². The van der Waals surface area contributed by atoms with E-state index in [9.17, 15) is 14.9 Å². The van der Waals surface area contributed by atoms with Crippen molar-refractivity contribution < 1.29 is 9.72 Å². The Morgan fingerprint density at radius 3 is 2.37 bits per heavy atom. The van der Waals surface area contributed by atoms with Gasteiger partial charge in [-0.05, 0) is 24.2 Å². The fraction of sp³-hybridized carbons (Fsp3) is 0.350. The van der Waals surface area contributed by atoms with E-state index in [1.165, 1.54) is 12.1 Å². The maximum Gasteiger partial charge on any atom is 0.269 e. The van der Waals surface area contributed by atoms with Gasteiger partial charge < -0.3 is 15.1 Å². The summed E-state index contributed by atoms with van der Waals surface area (Å²) in [6, 6.07) is 13.9. The van der Waals surface area contributed by atoms with Crippen molar-refractivity contribution in [3.63, 3.8) is 0 Å². The maximum atomic E-state index is 12.5. The van der Waals surface area contributed by atoms with Gasteiger partial charge in [0.1, 0.15) is 0 Å². The summed E-state index contributed by atoms with van der Waals surface area (Å²) in [5, 5.41) is 13.7. The summed E-state index contributed by atoms with van der Waals surface area (Å²) in [6.45, 7) is 7.12. The molecule has 1 amide bonds. The largest absolute Gasteiger partial charge is 0.367 e. The molecule has 0 spiro atoms. The van der Waals surface area contributed by atoms with E-state index < -0.39 is 4.92 Å². The molecule has 1 aliphatic heterocycles. The molecule has 1 aliphatic rings. The van der Waals surface area contributed by atoms with Gasteiger partial charge in [0.2, 0.25) is 5.91 Å². The highest BCUT2D eigenvalue weighted by Gasteiger charge is 2.19. The smallest absolute Gasteiger partial charge is 0.269 e. The van der Waals surface area contributed by atoms with Gasteiger partial charge in [0, 0.05) is 38.3 Å². The number of hydrogen-bond acceptors (Lipinski definition) is 5. The molecule has 1 N–H and O–H groups in total. The normalized spacial score (nSPS) is 14.8. The molecular formula is C20H24N4O3. The lowest BCUT2D eigenvalue weighted by atomic mass is 10.1. The topological polar surface area (TPSA) is 78.7 Å². The highest BCUT2D eigenvalue weighted by atomic mass is 16.6. The van der Waals surface area contributed by atoms with Crippen molar-refractivity contribution in [1.82, 2.24) is 4.90 Å². The van der Waals surface area contributed by atoms with Crippen LogP contribution in [0.4, 0.5) is 17.1 Å². The molecule has 0 aromatic heterocycles. The first-order valence-corrected chi connectivity index (χ1v) is 9.16. The number of likely N-dealkylation sites (N-methyl/N-ethyl adjacent to an activating group) is 1. The summed E-state index contributed by atoms with van der Waals surface area (Å²) in [6.07, 6.45) is 0.177. The lowest BCUT2D eigenvalue weighted by molar-refractivity contribution is -0.384. The second kappa shape index (κ2) is 8.64. The van der Waals surface area contributed by atoms with Crippen molar-refractivity contribution in [2.75, 3.05) is 42.9 Å². The van der Waals surface area contributed by atoms with Crippen LogP contribution in [0.25, 0.3) is 0 Å². The summed E-state index contributed by atoms with van der Waals surface area (Å²) < 4.78 is 0. The van der Waals surface area contributed by atoms with Crippen LogP contribution in [0, 0.1) is 10.1 Å². The number of para-hydroxylation sites is 2. The number of hydrogen-bond donors (Lipinski definition) is 1. The molecule has 0 radical (unpaired) electrons. The lowest BCUT2D eigenvalue weighted by Crippen LogP contribution is -2.46. The number of amides is 1. The fourth-order valence-electron chi connectivity index (χ4n) is 3.28. The quantitative estimate of drug-likeness (QED) is 0.626. The van der Waals surface area contributed by atoms with Gasteiger partial charge in [0.25, 0.3) is 5.69 Å². The molecule has 7 heteroatoms. The molecule has 0 aliphatic carbocycles. The third-order valence-corrected chi connectivity index (χ3v) is 4.85. The van der Waals surface area contributed by atoms with E-state index in [4.69, 9.17) is 0 Å². The number of nitrogens with zero attached hydrogens (tertiary/aromatic N) is 3. The van der Waals surface area contributed by atoms with Crippen LogP contribution in [0.5, 0.6) is 0 Å². The molecule has 2 aromatic carbocycles. The minimum Gasteiger partial charge on any atom is -0.367 e. The number of carbonyl (C=O) groups is 1. The van der Waals surface area contributed by atoms with Crippen LogP contribution in [-0.2, 0) is 11.2 Å². The number of nitro groups is 1. The van der Waals surface area contributed by atoms with Crippen LogP contribution in [0.2, 0.25) is 0 Å². The van der Waals surface area contributed by atoms with Gasteiger partial charge in [0.15, 0.2) is 0 Å². The van der Waals surface area contributed by atoms with Gasteiger partial charge in [-0.1, -0.05) is 31.2 Å². The second-order valence-corrected chi connectivity index (χ2v) is 6.59. The first-order chi connectivity index (χ1) is 13.1. The minimum absolute atomic E-state index is 0.0238. The van der Waals surface area contributed by atoms with Gasteiger partial charge in [-0.15, -0.1) is 0 Å². The van der Waals surface area contributed by atoms with Crippen molar-refractivity contribution in [3.8, 4) is 0 Å². The lowest BCUT2D eigenvalue weighted by Gasteiger charge is -2.36. The van der Waals surface area contributed by atoms with Crippen LogP contribution in [-0.4, -0.2) is 48.5 Å².